The number of phenols is 1. The minimum Gasteiger partial charge on any atom is -0.507 e. The molecule has 0 atom stereocenters. The van der Waals surface area contributed by atoms with Gasteiger partial charge in [-0.3, -0.25) is 9.65 Å². The van der Waals surface area contributed by atoms with Crippen LogP contribution in [-0.2, 0) is 10.1 Å². The van der Waals surface area contributed by atoms with E-state index in [4.69, 9.17) is 9.29 Å². The summed E-state index contributed by atoms with van der Waals surface area (Å²) in [6, 6.07) is 9.09. The lowest BCUT2D eigenvalue weighted by Gasteiger charge is -2.46. The Balaban J connectivity index is 0.000000588. The molecule has 1 saturated heterocycles. The number of hydrogen-bond donors (Lipinski definition) is 4. The largest absolute Gasteiger partial charge is 0.507 e. The third kappa shape index (κ3) is 7.51. The van der Waals surface area contributed by atoms with E-state index < -0.39 is 10.1 Å². The molecule has 10 nitrogen and oxygen atoms in total. The summed E-state index contributed by atoms with van der Waals surface area (Å²) in [5, 5.41) is 29.3. The van der Waals surface area contributed by atoms with Crippen LogP contribution in [0.3, 0.4) is 0 Å². The van der Waals surface area contributed by atoms with Crippen molar-refractivity contribution in [2.45, 2.75) is 57.7 Å². The molecule has 4 rings (SSSR count). The van der Waals surface area contributed by atoms with E-state index in [1.54, 1.807) is 18.5 Å². The molecule has 1 fully saturated rings. The molecule has 3 heterocycles. The maximum Gasteiger partial charge on any atom is 0.261 e. The first-order valence-electron chi connectivity index (χ1n) is 10.8. The van der Waals surface area contributed by atoms with Crippen LogP contribution >= 0.6 is 0 Å². The van der Waals surface area contributed by atoms with Gasteiger partial charge >= 0.3 is 0 Å². The molecule has 0 saturated carbocycles. The molecule has 1 aliphatic rings. The van der Waals surface area contributed by atoms with Crippen molar-refractivity contribution < 1.29 is 22.8 Å². The van der Waals surface area contributed by atoms with E-state index in [1.807, 2.05) is 24.3 Å². The van der Waals surface area contributed by atoms with Gasteiger partial charge in [0.15, 0.2) is 0 Å². The maximum absolute atomic E-state index is 10.5. The second-order valence-electron chi connectivity index (χ2n) is 9.75. The van der Waals surface area contributed by atoms with Crippen molar-refractivity contribution in [3.05, 3.63) is 42.7 Å². The summed E-state index contributed by atoms with van der Waals surface area (Å²) in [6.07, 6.45) is 6.08. The van der Waals surface area contributed by atoms with Crippen LogP contribution in [0.1, 0.15) is 40.5 Å². The van der Waals surface area contributed by atoms with Gasteiger partial charge in [0.25, 0.3) is 10.1 Å². The number of phenolic OH excluding ortho intramolecular Hbond substituents is 1. The first kappa shape index (κ1) is 25.6. The third-order valence-corrected chi connectivity index (χ3v) is 5.19. The lowest BCUT2D eigenvalue weighted by atomic mass is 9.81. The minimum absolute atomic E-state index is 0.00229. The quantitative estimate of drug-likeness (QED) is 0.404. The summed E-state index contributed by atoms with van der Waals surface area (Å²) in [6.45, 7) is 8.76. The summed E-state index contributed by atoms with van der Waals surface area (Å²) < 4.78 is 32.0. The van der Waals surface area contributed by atoms with E-state index in [0.717, 1.165) is 24.0 Å². The molecule has 1 aromatic carbocycles. The van der Waals surface area contributed by atoms with Crippen molar-refractivity contribution in [3.63, 3.8) is 0 Å². The molecular weight excluding hydrogens is 458 g/mol. The Morgan fingerprint density at radius 2 is 1.68 bits per heavy atom. The summed E-state index contributed by atoms with van der Waals surface area (Å²) in [4.78, 5) is 0. The Morgan fingerprint density at radius 1 is 1.03 bits per heavy atom. The molecular formula is C23H31N5O5S. The Labute approximate surface area is 199 Å². The molecule has 0 unspecified atom stereocenters. The van der Waals surface area contributed by atoms with Gasteiger partial charge in [-0.1, -0.05) is 6.07 Å². The molecule has 1 aliphatic heterocycles. The van der Waals surface area contributed by atoms with E-state index in [2.05, 4.69) is 53.4 Å². The van der Waals surface area contributed by atoms with Crippen molar-refractivity contribution >= 4 is 10.1 Å². The number of benzene rings is 1. The molecule has 0 aliphatic carbocycles. The van der Waals surface area contributed by atoms with Crippen LogP contribution in [0.15, 0.2) is 42.7 Å². The van der Waals surface area contributed by atoms with Gasteiger partial charge in [-0.05, 0) is 51.5 Å². The molecule has 0 amide bonds. The predicted molar refractivity (Wildman–Crippen MR) is 129 cm³/mol. The number of H-pyrrole nitrogens is 1. The number of piperidine rings is 1. The zero-order valence-corrected chi connectivity index (χ0v) is 20.7. The highest BCUT2D eigenvalue weighted by atomic mass is 32.2. The van der Waals surface area contributed by atoms with Gasteiger partial charge in [-0.2, -0.15) is 13.5 Å². The summed E-state index contributed by atoms with van der Waals surface area (Å²) in [5.74, 6) is 0.648. The van der Waals surface area contributed by atoms with Crippen LogP contribution in [-0.4, -0.2) is 61.9 Å². The van der Waals surface area contributed by atoms with Crippen molar-refractivity contribution in [3.8, 4) is 34.0 Å². The average Bonchev–Trinajstić information content (AvgIpc) is 3.20. The molecule has 184 valence electrons. The summed E-state index contributed by atoms with van der Waals surface area (Å²) in [7, 11) is -3.67. The van der Waals surface area contributed by atoms with E-state index >= 15 is 0 Å². The number of ether oxygens (including phenoxy) is 1. The van der Waals surface area contributed by atoms with E-state index in [-0.39, 0.29) is 22.9 Å². The summed E-state index contributed by atoms with van der Waals surface area (Å²) in [5.41, 5.74) is 3.02. The number of aromatic amines is 1. The molecule has 3 aromatic rings. The first-order chi connectivity index (χ1) is 15.7. The number of nitrogens with zero attached hydrogens (tertiary/aromatic N) is 3. The molecule has 11 heteroatoms. The van der Waals surface area contributed by atoms with Gasteiger partial charge < -0.3 is 15.2 Å². The van der Waals surface area contributed by atoms with Gasteiger partial charge in [-0.15, -0.1) is 10.2 Å². The van der Waals surface area contributed by atoms with Crippen LogP contribution in [0.25, 0.3) is 22.4 Å². The van der Waals surface area contributed by atoms with E-state index in [9.17, 15) is 13.5 Å². The number of rotatable bonds is 4. The van der Waals surface area contributed by atoms with E-state index in [1.165, 1.54) is 0 Å². The van der Waals surface area contributed by atoms with Gasteiger partial charge in [0, 0.05) is 47.3 Å². The minimum atomic E-state index is -3.67. The van der Waals surface area contributed by atoms with Crippen LogP contribution in [0.5, 0.6) is 11.6 Å². The Morgan fingerprint density at radius 3 is 2.18 bits per heavy atom. The standard InChI is InChI=1S/C22H27N5O2.CH4O3S/c1-21(2)10-16(11-22(3,4)27-21)29-20-8-7-18(25-26-20)17-6-5-14(9-19(17)28)15-12-23-24-13-15;1-5(2,3)4/h5-9,12-13,16,27-28H,10-11H2,1-4H3,(H,23,24);1H3,(H,2,3,4). The monoisotopic (exact) mass is 489 g/mol. The molecule has 4 N–H and O–H groups in total. The number of hydrogen-bond acceptors (Lipinski definition) is 8. The zero-order valence-electron chi connectivity index (χ0n) is 19.9. The third-order valence-electron chi connectivity index (χ3n) is 5.19. The van der Waals surface area contributed by atoms with Crippen molar-refractivity contribution in [1.29, 1.82) is 0 Å². The normalized spacial score (nSPS) is 17.5. The second-order valence-corrected chi connectivity index (χ2v) is 11.2. The topological polar surface area (TPSA) is 150 Å². The second kappa shape index (κ2) is 9.69. The van der Waals surface area contributed by atoms with Crippen LogP contribution in [0.4, 0.5) is 0 Å². The van der Waals surface area contributed by atoms with Crippen LogP contribution < -0.4 is 10.1 Å². The highest BCUT2D eigenvalue weighted by molar-refractivity contribution is 7.85. The fourth-order valence-electron chi connectivity index (χ4n) is 4.35. The predicted octanol–water partition coefficient (Wildman–Crippen LogP) is 3.43. The Bertz CT molecular complexity index is 1190. The number of nitrogens with one attached hydrogen (secondary N) is 2. The fraction of sp³-hybridized carbons (Fsp3) is 0.435. The SMILES string of the molecule is CC1(C)CC(Oc2ccc(-c3ccc(-c4cn[nH]c4)cc3O)nn2)CC(C)(C)N1.CS(=O)(=O)O. The van der Waals surface area contributed by atoms with Crippen LogP contribution in [0, 0.1) is 0 Å². The molecule has 2 aromatic heterocycles. The van der Waals surface area contributed by atoms with Crippen LogP contribution in [0.2, 0.25) is 0 Å². The van der Waals surface area contributed by atoms with Gasteiger partial charge in [0.1, 0.15) is 11.9 Å². The Kier molecular flexibility index (Phi) is 7.29. The number of aromatic nitrogens is 4. The van der Waals surface area contributed by atoms with Gasteiger partial charge in [0.05, 0.1) is 18.1 Å². The zero-order chi connectivity index (χ0) is 25.1. The molecule has 0 radical (unpaired) electrons. The Hall–Kier alpha value is -3.02. The lowest BCUT2D eigenvalue weighted by Crippen LogP contribution is -2.60. The summed E-state index contributed by atoms with van der Waals surface area (Å²) >= 11 is 0. The maximum atomic E-state index is 10.5. The highest BCUT2D eigenvalue weighted by Crippen LogP contribution is 2.33. The van der Waals surface area contributed by atoms with Crippen molar-refractivity contribution in [2.75, 3.05) is 6.26 Å². The van der Waals surface area contributed by atoms with Crippen molar-refractivity contribution in [2.24, 2.45) is 0 Å². The van der Waals surface area contributed by atoms with E-state index in [0.29, 0.717) is 23.4 Å². The van der Waals surface area contributed by atoms with Gasteiger partial charge in [0.2, 0.25) is 5.88 Å². The molecule has 0 bridgehead atoms. The smallest absolute Gasteiger partial charge is 0.261 e. The number of aromatic hydroxyl groups is 1. The molecule has 34 heavy (non-hydrogen) atoms. The van der Waals surface area contributed by atoms with Gasteiger partial charge in [-0.25, -0.2) is 0 Å². The molecule has 0 spiro atoms. The highest BCUT2D eigenvalue weighted by Gasteiger charge is 2.38. The first-order valence-corrected chi connectivity index (χ1v) is 12.6. The fourth-order valence-corrected chi connectivity index (χ4v) is 4.35. The average molecular weight is 490 g/mol. The van der Waals surface area contributed by atoms with Crippen molar-refractivity contribution in [1.82, 2.24) is 25.7 Å². The lowest BCUT2D eigenvalue weighted by molar-refractivity contribution is 0.0524.